The highest BCUT2D eigenvalue weighted by atomic mass is 16.4. The van der Waals surface area contributed by atoms with Crippen LogP contribution < -0.4 is 5.32 Å². The Balaban J connectivity index is 3.05. The molecule has 0 aliphatic rings. The highest BCUT2D eigenvalue weighted by molar-refractivity contribution is 5.69. The monoisotopic (exact) mass is 309 g/mol. The van der Waals surface area contributed by atoms with Gasteiger partial charge in [-0.15, -0.1) is 0 Å². The van der Waals surface area contributed by atoms with Crippen molar-refractivity contribution in [1.82, 2.24) is 5.32 Å². The Kier molecular flexibility index (Phi) is 17.2. The minimum Gasteiger partial charge on any atom is -0.481 e. The van der Waals surface area contributed by atoms with Crippen molar-refractivity contribution >= 4 is 5.97 Å². The minimum absolute atomic E-state index is 0.0553. The van der Waals surface area contributed by atoms with Gasteiger partial charge in [-0.25, -0.2) is 0 Å². The third-order valence-electron chi connectivity index (χ3n) is 3.79. The molecule has 0 aromatic heterocycles. The molecule has 3 heteroatoms. The van der Waals surface area contributed by atoms with E-state index in [0.717, 1.165) is 6.54 Å². The van der Waals surface area contributed by atoms with Gasteiger partial charge in [-0.1, -0.05) is 89.4 Å². The summed E-state index contributed by atoms with van der Waals surface area (Å²) in [6, 6.07) is 0. The van der Waals surface area contributed by atoms with Gasteiger partial charge in [0.1, 0.15) is 6.42 Å². The summed E-state index contributed by atoms with van der Waals surface area (Å²) in [6.45, 7) is 3.85. The van der Waals surface area contributed by atoms with E-state index in [2.05, 4.69) is 24.1 Å². The van der Waals surface area contributed by atoms with Gasteiger partial charge in [0.25, 0.3) is 0 Å². The van der Waals surface area contributed by atoms with E-state index in [1.165, 1.54) is 77.0 Å². The summed E-state index contributed by atoms with van der Waals surface area (Å²) in [5.74, 6) is 4.58. The second kappa shape index (κ2) is 18.0. The molecule has 0 rings (SSSR count). The Labute approximate surface area is 137 Å². The molecule has 0 saturated carbocycles. The van der Waals surface area contributed by atoms with Crippen LogP contribution in [0.4, 0.5) is 0 Å². The van der Waals surface area contributed by atoms with E-state index < -0.39 is 5.97 Å². The smallest absolute Gasteiger partial charge is 0.315 e. The van der Waals surface area contributed by atoms with Crippen LogP contribution in [0.25, 0.3) is 0 Å². The van der Waals surface area contributed by atoms with Crippen LogP contribution in [0.5, 0.6) is 0 Å². The van der Waals surface area contributed by atoms with Crippen LogP contribution in [0.3, 0.4) is 0 Å². The molecule has 3 nitrogen and oxygen atoms in total. The lowest BCUT2D eigenvalue weighted by Gasteiger charge is -2.03. The highest BCUT2D eigenvalue weighted by Crippen LogP contribution is 2.11. The molecule has 22 heavy (non-hydrogen) atoms. The molecule has 0 bridgehead atoms. The predicted octanol–water partition coefficient (Wildman–Crippen LogP) is 4.76. The zero-order chi connectivity index (χ0) is 16.3. The molecule has 128 valence electrons. The van der Waals surface area contributed by atoms with Crippen molar-refractivity contribution in [3.05, 3.63) is 0 Å². The summed E-state index contributed by atoms with van der Waals surface area (Å²) < 4.78 is 0. The minimum atomic E-state index is -0.853. The number of nitrogens with one attached hydrogen (secondary N) is 1. The van der Waals surface area contributed by atoms with Crippen LogP contribution in [0, 0.1) is 11.8 Å². The highest BCUT2D eigenvalue weighted by Gasteiger charge is 1.93. The summed E-state index contributed by atoms with van der Waals surface area (Å²) in [5.41, 5.74) is 0. The molecule has 0 aromatic carbocycles. The SMILES string of the molecule is CCCCCCCCCCCCCCNCC#CCC(=O)O. The number of unbranched alkanes of at least 4 members (excludes halogenated alkanes) is 11. The maximum Gasteiger partial charge on any atom is 0.315 e. The van der Waals surface area contributed by atoms with Crippen molar-refractivity contribution in [1.29, 1.82) is 0 Å². The van der Waals surface area contributed by atoms with E-state index in [9.17, 15) is 4.79 Å². The molecule has 2 N–H and O–H groups in total. The number of rotatable bonds is 15. The van der Waals surface area contributed by atoms with Crippen molar-refractivity contribution in [2.24, 2.45) is 0 Å². The summed E-state index contributed by atoms with van der Waals surface area (Å²) in [7, 11) is 0. The first kappa shape index (κ1) is 21.0. The van der Waals surface area contributed by atoms with Crippen LogP contribution in [0.1, 0.15) is 90.4 Å². The zero-order valence-electron chi connectivity index (χ0n) is 14.5. The van der Waals surface area contributed by atoms with Crippen molar-refractivity contribution in [3.8, 4) is 11.8 Å². The second-order valence-electron chi connectivity index (χ2n) is 5.99. The van der Waals surface area contributed by atoms with Gasteiger partial charge in [-0.2, -0.15) is 0 Å². The summed E-state index contributed by atoms with van der Waals surface area (Å²) in [6.07, 6.45) is 16.3. The average Bonchev–Trinajstić information content (AvgIpc) is 2.50. The van der Waals surface area contributed by atoms with E-state index >= 15 is 0 Å². The van der Waals surface area contributed by atoms with Gasteiger partial charge >= 0.3 is 5.97 Å². The number of carboxylic acid groups (broad SMARTS) is 1. The molecular formula is C19H35NO2. The molecule has 0 aliphatic heterocycles. The molecule has 0 aliphatic carbocycles. The van der Waals surface area contributed by atoms with Gasteiger partial charge in [0, 0.05) is 0 Å². The zero-order valence-corrected chi connectivity index (χ0v) is 14.5. The van der Waals surface area contributed by atoms with Crippen molar-refractivity contribution < 1.29 is 9.90 Å². The predicted molar refractivity (Wildman–Crippen MR) is 94.0 cm³/mol. The molecule has 0 heterocycles. The maximum absolute atomic E-state index is 10.2. The number of hydrogen-bond acceptors (Lipinski definition) is 2. The van der Waals surface area contributed by atoms with Gasteiger partial charge in [-0.05, 0) is 13.0 Å². The van der Waals surface area contributed by atoms with Gasteiger partial charge in [-0.3, -0.25) is 4.79 Å². The average molecular weight is 309 g/mol. The normalized spacial score (nSPS) is 10.2. The van der Waals surface area contributed by atoms with Crippen LogP contribution in [-0.4, -0.2) is 24.2 Å². The van der Waals surface area contributed by atoms with Crippen LogP contribution in [-0.2, 0) is 4.79 Å². The molecular weight excluding hydrogens is 274 g/mol. The topological polar surface area (TPSA) is 49.3 Å². The van der Waals surface area contributed by atoms with Gasteiger partial charge in [0.2, 0.25) is 0 Å². The first-order chi connectivity index (χ1) is 10.8. The second-order valence-corrected chi connectivity index (χ2v) is 5.99. The Morgan fingerprint density at radius 3 is 1.82 bits per heavy atom. The lowest BCUT2D eigenvalue weighted by molar-refractivity contribution is -0.135. The number of aliphatic carboxylic acids is 1. The van der Waals surface area contributed by atoms with Crippen LogP contribution in [0.15, 0.2) is 0 Å². The lowest BCUT2D eigenvalue weighted by atomic mass is 10.1. The fourth-order valence-electron chi connectivity index (χ4n) is 2.44. The third-order valence-corrected chi connectivity index (χ3v) is 3.79. The molecule has 0 amide bonds. The number of carbonyl (C=O) groups is 1. The third kappa shape index (κ3) is 19.0. The van der Waals surface area contributed by atoms with Crippen molar-refractivity contribution in [3.63, 3.8) is 0 Å². The summed E-state index contributed by atoms with van der Waals surface area (Å²) >= 11 is 0. The van der Waals surface area contributed by atoms with Crippen LogP contribution >= 0.6 is 0 Å². The van der Waals surface area contributed by atoms with E-state index in [0.29, 0.717) is 6.54 Å². The Bertz CT molecular complexity index is 304. The Morgan fingerprint density at radius 1 is 0.818 bits per heavy atom. The lowest BCUT2D eigenvalue weighted by Crippen LogP contribution is -2.15. The van der Waals surface area contributed by atoms with Crippen LogP contribution in [0.2, 0.25) is 0 Å². The van der Waals surface area contributed by atoms with E-state index in [1.807, 2.05) is 0 Å². The van der Waals surface area contributed by atoms with E-state index in [4.69, 9.17) is 5.11 Å². The van der Waals surface area contributed by atoms with Crippen molar-refractivity contribution in [2.45, 2.75) is 90.4 Å². The van der Waals surface area contributed by atoms with E-state index in [-0.39, 0.29) is 6.42 Å². The fourth-order valence-corrected chi connectivity index (χ4v) is 2.44. The molecule has 0 unspecified atom stereocenters. The maximum atomic E-state index is 10.2. The fraction of sp³-hybridized carbons (Fsp3) is 0.842. The standard InChI is InChI=1S/C19H35NO2/c1-2-3-4-5-6-7-8-9-10-11-12-14-17-20-18-15-13-16-19(21)22/h20H,2-12,14,16-18H2,1H3,(H,21,22). The Morgan fingerprint density at radius 2 is 1.32 bits per heavy atom. The van der Waals surface area contributed by atoms with Gasteiger partial charge < -0.3 is 10.4 Å². The van der Waals surface area contributed by atoms with Gasteiger partial charge in [0.05, 0.1) is 6.54 Å². The first-order valence-electron chi connectivity index (χ1n) is 9.15. The quantitative estimate of drug-likeness (QED) is 0.339. The molecule has 0 saturated heterocycles. The summed E-state index contributed by atoms with van der Waals surface area (Å²) in [5, 5.41) is 11.6. The summed E-state index contributed by atoms with van der Waals surface area (Å²) in [4.78, 5) is 10.2. The molecule has 0 spiro atoms. The number of carboxylic acids is 1. The van der Waals surface area contributed by atoms with Crippen molar-refractivity contribution in [2.75, 3.05) is 13.1 Å². The van der Waals surface area contributed by atoms with E-state index in [1.54, 1.807) is 0 Å². The first-order valence-corrected chi connectivity index (χ1v) is 9.15. The number of hydrogen-bond donors (Lipinski definition) is 2. The Hall–Kier alpha value is -1.01. The molecule has 0 fully saturated rings. The largest absolute Gasteiger partial charge is 0.481 e. The molecule has 0 radical (unpaired) electrons. The van der Waals surface area contributed by atoms with Gasteiger partial charge in [0.15, 0.2) is 0 Å². The molecule has 0 aromatic rings. The molecule has 0 atom stereocenters.